The fourth-order valence-corrected chi connectivity index (χ4v) is 1.12. The zero-order valence-corrected chi connectivity index (χ0v) is 8.05. The Bertz CT molecular complexity index is 286. The zero-order chi connectivity index (χ0) is 9.84. The van der Waals surface area contributed by atoms with Gasteiger partial charge in [-0.05, 0) is 25.2 Å². The third kappa shape index (κ3) is 2.42. The lowest BCUT2D eigenvalue weighted by molar-refractivity contribution is 0.346. The minimum Gasteiger partial charge on any atom is -0.396 e. The van der Waals surface area contributed by atoms with Crippen LogP contribution in [0.25, 0.3) is 0 Å². The number of hydrogen-bond donors (Lipinski definition) is 1. The summed E-state index contributed by atoms with van der Waals surface area (Å²) in [5.41, 5.74) is 6.70. The standard InChI is InChI=1S/C10H15FN2/c1-3-13(2)7-8-5-4-6-9(11)10(8)12/h4-6H,3,7,12H2,1-2H3. The second-order valence-corrected chi connectivity index (χ2v) is 3.14. The first-order valence-corrected chi connectivity index (χ1v) is 4.36. The van der Waals surface area contributed by atoms with Crippen molar-refractivity contribution in [2.75, 3.05) is 19.3 Å². The third-order valence-corrected chi connectivity index (χ3v) is 2.12. The van der Waals surface area contributed by atoms with Crippen molar-refractivity contribution in [1.82, 2.24) is 4.90 Å². The maximum Gasteiger partial charge on any atom is 0.146 e. The lowest BCUT2D eigenvalue weighted by Crippen LogP contribution is -2.17. The molecule has 0 aliphatic rings. The van der Waals surface area contributed by atoms with Gasteiger partial charge in [0.05, 0.1) is 5.69 Å². The van der Waals surface area contributed by atoms with Crippen molar-refractivity contribution in [2.24, 2.45) is 0 Å². The summed E-state index contributed by atoms with van der Waals surface area (Å²) in [6.45, 7) is 3.67. The fraction of sp³-hybridized carbons (Fsp3) is 0.400. The first-order valence-electron chi connectivity index (χ1n) is 4.36. The van der Waals surface area contributed by atoms with Gasteiger partial charge in [0.2, 0.25) is 0 Å². The minimum atomic E-state index is -0.331. The van der Waals surface area contributed by atoms with E-state index in [2.05, 4.69) is 11.8 Å². The first-order chi connectivity index (χ1) is 6.15. The molecule has 13 heavy (non-hydrogen) atoms. The molecule has 2 N–H and O–H groups in total. The smallest absolute Gasteiger partial charge is 0.146 e. The number of halogens is 1. The molecule has 1 aromatic rings. The quantitative estimate of drug-likeness (QED) is 0.723. The van der Waals surface area contributed by atoms with E-state index in [4.69, 9.17) is 5.73 Å². The minimum absolute atomic E-state index is 0.266. The summed E-state index contributed by atoms with van der Waals surface area (Å²) < 4.78 is 13.0. The van der Waals surface area contributed by atoms with E-state index in [-0.39, 0.29) is 11.5 Å². The molecule has 0 heterocycles. The van der Waals surface area contributed by atoms with Crippen LogP contribution in [0.2, 0.25) is 0 Å². The van der Waals surface area contributed by atoms with Crippen LogP contribution in [0.1, 0.15) is 12.5 Å². The number of benzene rings is 1. The summed E-state index contributed by atoms with van der Waals surface area (Å²) in [5.74, 6) is -0.331. The fourth-order valence-electron chi connectivity index (χ4n) is 1.12. The van der Waals surface area contributed by atoms with Crippen LogP contribution in [-0.2, 0) is 6.54 Å². The molecular formula is C10H15FN2. The van der Waals surface area contributed by atoms with Gasteiger partial charge in [-0.25, -0.2) is 4.39 Å². The summed E-state index contributed by atoms with van der Waals surface area (Å²) >= 11 is 0. The van der Waals surface area contributed by atoms with Crippen molar-refractivity contribution in [1.29, 1.82) is 0 Å². The SMILES string of the molecule is CCN(C)Cc1cccc(F)c1N. The Balaban J connectivity index is 2.83. The number of hydrogen-bond acceptors (Lipinski definition) is 2. The molecule has 0 radical (unpaired) electrons. The maximum atomic E-state index is 13.0. The van der Waals surface area contributed by atoms with E-state index in [1.807, 2.05) is 13.1 Å². The van der Waals surface area contributed by atoms with Crippen molar-refractivity contribution < 1.29 is 4.39 Å². The molecule has 0 saturated carbocycles. The van der Waals surface area contributed by atoms with E-state index in [1.165, 1.54) is 6.07 Å². The molecule has 0 unspecified atom stereocenters. The third-order valence-electron chi connectivity index (χ3n) is 2.12. The summed E-state index contributed by atoms with van der Waals surface area (Å²) in [6.07, 6.45) is 0. The Morgan fingerprint density at radius 3 is 2.77 bits per heavy atom. The second-order valence-electron chi connectivity index (χ2n) is 3.14. The molecule has 0 fully saturated rings. The molecule has 0 atom stereocenters. The predicted octanol–water partition coefficient (Wildman–Crippen LogP) is 1.86. The van der Waals surface area contributed by atoms with E-state index >= 15 is 0 Å². The summed E-state index contributed by atoms with van der Waals surface area (Å²) in [4.78, 5) is 2.07. The highest BCUT2D eigenvalue weighted by atomic mass is 19.1. The Morgan fingerprint density at radius 1 is 1.46 bits per heavy atom. The number of anilines is 1. The Kier molecular flexibility index (Phi) is 3.25. The van der Waals surface area contributed by atoms with Crippen molar-refractivity contribution in [3.05, 3.63) is 29.6 Å². The average molecular weight is 182 g/mol. The molecule has 0 bridgehead atoms. The van der Waals surface area contributed by atoms with Gasteiger partial charge in [-0.1, -0.05) is 19.1 Å². The molecule has 0 aromatic heterocycles. The maximum absolute atomic E-state index is 13.0. The highest BCUT2D eigenvalue weighted by Gasteiger charge is 2.05. The van der Waals surface area contributed by atoms with Crippen molar-refractivity contribution >= 4 is 5.69 Å². The molecule has 0 aliphatic heterocycles. The van der Waals surface area contributed by atoms with Gasteiger partial charge in [-0.2, -0.15) is 0 Å². The van der Waals surface area contributed by atoms with Crippen molar-refractivity contribution in [3.63, 3.8) is 0 Å². The highest BCUT2D eigenvalue weighted by Crippen LogP contribution is 2.16. The van der Waals surface area contributed by atoms with Gasteiger partial charge in [0.15, 0.2) is 0 Å². The molecule has 72 valence electrons. The molecular weight excluding hydrogens is 167 g/mol. The van der Waals surface area contributed by atoms with E-state index < -0.39 is 0 Å². The molecule has 3 heteroatoms. The van der Waals surface area contributed by atoms with Crippen LogP contribution >= 0.6 is 0 Å². The van der Waals surface area contributed by atoms with Crippen molar-refractivity contribution in [3.8, 4) is 0 Å². The van der Waals surface area contributed by atoms with Gasteiger partial charge in [0.25, 0.3) is 0 Å². The van der Waals surface area contributed by atoms with Crippen LogP contribution in [0, 0.1) is 5.82 Å². The summed E-state index contributed by atoms with van der Waals surface area (Å²) in [6, 6.07) is 4.92. The molecule has 0 aliphatic carbocycles. The van der Waals surface area contributed by atoms with E-state index in [9.17, 15) is 4.39 Å². The topological polar surface area (TPSA) is 29.3 Å². The van der Waals surface area contributed by atoms with Gasteiger partial charge in [0, 0.05) is 6.54 Å². The molecule has 1 aromatic carbocycles. The van der Waals surface area contributed by atoms with E-state index in [0.717, 1.165) is 12.1 Å². The largest absolute Gasteiger partial charge is 0.396 e. The van der Waals surface area contributed by atoms with Gasteiger partial charge >= 0.3 is 0 Å². The average Bonchev–Trinajstić information content (AvgIpc) is 2.13. The van der Waals surface area contributed by atoms with Crippen LogP contribution in [0.15, 0.2) is 18.2 Å². The van der Waals surface area contributed by atoms with Gasteiger partial charge < -0.3 is 10.6 Å². The number of rotatable bonds is 3. The molecule has 0 spiro atoms. The molecule has 1 rings (SSSR count). The Labute approximate surface area is 78.2 Å². The van der Waals surface area contributed by atoms with Crippen LogP contribution in [0.4, 0.5) is 10.1 Å². The van der Waals surface area contributed by atoms with E-state index in [0.29, 0.717) is 6.54 Å². The van der Waals surface area contributed by atoms with Crippen LogP contribution in [0.5, 0.6) is 0 Å². The second kappa shape index (κ2) is 4.23. The number of nitrogens with zero attached hydrogens (tertiary/aromatic N) is 1. The number of para-hydroxylation sites is 1. The molecule has 0 saturated heterocycles. The number of nitrogens with two attached hydrogens (primary N) is 1. The monoisotopic (exact) mass is 182 g/mol. The first kappa shape index (κ1) is 9.99. The lowest BCUT2D eigenvalue weighted by atomic mass is 10.1. The van der Waals surface area contributed by atoms with Crippen LogP contribution < -0.4 is 5.73 Å². The summed E-state index contributed by atoms with van der Waals surface area (Å²) in [7, 11) is 1.98. The lowest BCUT2D eigenvalue weighted by Gasteiger charge is -2.15. The Hall–Kier alpha value is -1.09. The molecule has 0 amide bonds. The van der Waals surface area contributed by atoms with Crippen molar-refractivity contribution in [2.45, 2.75) is 13.5 Å². The molecule has 2 nitrogen and oxygen atoms in total. The normalized spacial score (nSPS) is 10.8. The van der Waals surface area contributed by atoms with Gasteiger partial charge in [0.1, 0.15) is 5.82 Å². The van der Waals surface area contributed by atoms with E-state index in [1.54, 1.807) is 6.07 Å². The van der Waals surface area contributed by atoms with Gasteiger partial charge in [-0.3, -0.25) is 0 Å². The highest BCUT2D eigenvalue weighted by molar-refractivity contribution is 5.47. The predicted molar refractivity (Wildman–Crippen MR) is 52.8 cm³/mol. The zero-order valence-electron chi connectivity index (χ0n) is 8.05. The summed E-state index contributed by atoms with van der Waals surface area (Å²) in [5, 5.41) is 0. The Morgan fingerprint density at radius 2 is 2.15 bits per heavy atom. The van der Waals surface area contributed by atoms with Gasteiger partial charge in [-0.15, -0.1) is 0 Å². The number of nitrogen functional groups attached to an aromatic ring is 1. The van der Waals surface area contributed by atoms with Crippen LogP contribution in [-0.4, -0.2) is 18.5 Å². The van der Waals surface area contributed by atoms with Crippen LogP contribution in [0.3, 0.4) is 0 Å².